The summed E-state index contributed by atoms with van der Waals surface area (Å²) in [7, 11) is 2.61. The Hall–Kier alpha value is -4.97. The summed E-state index contributed by atoms with van der Waals surface area (Å²) >= 11 is 0. The van der Waals surface area contributed by atoms with Gasteiger partial charge in [0.1, 0.15) is 6.04 Å². The molecule has 47 heavy (non-hydrogen) atoms. The van der Waals surface area contributed by atoms with Crippen LogP contribution in [0.3, 0.4) is 0 Å². The predicted octanol–water partition coefficient (Wildman–Crippen LogP) is 3.38. The minimum atomic E-state index is -1.12. The number of aromatic nitrogens is 1. The maximum atomic E-state index is 13.7. The van der Waals surface area contributed by atoms with E-state index in [9.17, 15) is 24.3 Å². The Morgan fingerprint density at radius 1 is 0.830 bits per heavy atom. The van der Waals surface area contributed by atoms with Crippen LogP contribution < -0.4 is 21.3 Å². The van der Waals surface area contributed by atoms with E-state index in [-0.39, 0.29) is 12.8 Å². The fourth-order valence-electron chi connectivity index (χ4n) is 5.04. The molecule has 1 aromatic heterocycles. The second-order valence-corrected chi connectivity index (χ2v) is 12.3. The van der Waals surface area contributed by atoms with Crippen molar-refractivity contribution in [1.29, 1.82) is 0 Å². The topological polar surface area (TPSA) is 168 Å². The minimum absolute atomic E-state index is 0.0548. The highest BCUT2D eigenvalue weighted by Crippen LogP contribution is 2.22. The van der Waals surface area contributed by atoms with Gasteiger partial charge in [-0.05, 0) is 53.0 Å². The number of alkyl carbamates (subject to hydrolysis) is 2. The van der Waals surface area contributed by atoms with Crippen molar-refractivity contribution < 1.29 is 33.8 Å². The maximum absolute atomic E-state index is 13.7. The molecule has 4 unspecified atom stereocenters. The summed E-state index contributed by atoms with van der Waals surface area (Å²) in [6.07, 6.45) is 1.54. The molecule has 5 N–H and O–H groups in total. The summed E-state index contributed by atoms with van der Waals surface area (Å²) < 4.78 is 9.64. The SMILES string of the molecule is CNC(=O)OCC(=O)NC(Cc1ccccc1)C(O)CC(Cc1ccc(-c2cccnc2)cc1)NC(=O)C(NC(=O)OC)C(C)(C)C. The molecule has 4 amide bonds. The van der Waals surface area contributed by atoms with Crippen molar-refractivity contribution in [2.24, 2.45) is 5.41 Å². The van der Waals surface area contributed by atoms with Crippen molar-refractivity contribution in [2.75, 3.05) is 20.8 Å². The highest BCUT2D eigenvalue weighted by molar-refractivity contribution is 5.86. The fourth-order valence-corrected chi connectivity index (χ4v) is 5.04. The zero-order valence-corrected chi connectivity index (χ0v) is 27.5. The van der Waals surface area contributed by atoms with Crippen LogP contribution in [0.15, 0.2) is 79.1 Å². The molecule has 252 valence electrons. The number of hydrogen-bond acceptors (Lipinski definition) is 8. The van der Waals surface area contributed by atoms with Crippen LogP contribution in [0.2, 0.25) is 0 Å². The zero-order valence-electron chi connectivity index (χ0n) is 27.5. The first kappa shape index (κ1) is 36.5. The molecule has 0 fully saturated rings. The van der Waals surface area contributed by atoms with Crippen molar-refractivity contribution in [2.45, 2.75) is 64.3 Å². The molecule has 2 aromatic carbocycles. The molecule has 0 aliphatic heterocycles. The van der Waals surface area contributed by atoms with Crippen LogP contribution in [0.4, 0.5) is 9.59 Å². The number of amides is 4. The molecule has 3 aromatic rings. The van der Waals surface area contributed by atoms with Gasteiger partial charge in [0.2, 0.25) is 5.91 Å². The van der Waals surface area contributed by atoms with Crippen LogP contribution in [0.25, 0.3) is 11.1 Å². The molecule has 3 rings (SSSR count). The van der Waals surface area contributed by atoms with Gasteiger partial charge in [-0.25, -0.2) is 9.59 Å². The van der Waals surface area contributed by atoms with E-state index in [1.165, 1.54) is 14.2 Å². The summed E-state index contributed by atoms with van der Waals surface area (Å²) in [6, 6.07) is 18.6. The zero-order chi connectivity index (χ0) is 34.4. The molecule has 12 heteroatoms. The van der Waals surface area contributed by atoms with Gasteiger partial charge in [0, 0.05) is 25.5 Å². The van der Waals surface area contributed by atoms with Gasteiger partial charge in [-0.15, -0.1) is 0 Å². The number of carbonyl (C=O) groups is 4. The van der Waals surface area contributed by atoms with E-state index >= 15 is 0 Å². The minimum Gasteiger partial charge on any atom is -0.453 e. The van der Waals surface area contributed by atoms with Crippen molar-refractivity contribution in [3.05, 3.63) is 90.3 Å². The summed E-state index contributed by atoms with van der Waals surface area (Å²) in [5.41, 5.74) is 3.03. The third kappa shape index (κ3) is 12.0. The van der Waals surface area contributed by atoms with E-state index in [1.54, 1.807) is 12.4 Å². The van der Waals surface area contributed by atoms with Crippen LogP contribution in [0, 0.1) is 5.41 Å². The number of methoxy groups -OCH3 is 1. The van der Waals surface area contributed by atoms with Crippen molar-refractivity contribution in [1.82, 2.24) is 26.3 Å². The molecule has 1 heterocycles. The van der Waals surface area contributed by atoms with Gasteiger partial charge < -0.3 is 35.8 Å². The quantitative estimate of drug-likeness (QED) is 0.178. The second-order valence-electron chi connectivity index (χ2n) is 12.3. The first-order valence-electron chi connectivity index (χ1n) is 15.4. The Bertz CT molecular complexity index is 1450. The van der Waals surface area contributed by atoms with Crippen molar-refractivity contribution in [3.63, 3.8) is 0 Å². The number of pyridine rings is 1. The number of nitrogens with one attached hydrogen (secondary N) is 4. The number of aliphatic hydroxyl groups is 1. The molecule has 0 radical (unpaired) electrons. The number of nitrogens with zero attached hydrogens (tertiary/aromatic N) is 1. The molecule has 0 aliphatic carbocycles. The molecule has 0 spiro atoms. The van der Waals surface area contributed by atoms with E-state index < -0.39 is 60.3 Å². The number of hydrogen-bond donors (Lipinski definition) is 5. The van der Waals surface area contributed by atoms with E-state index in [1.807, 2.05) is 87.5 Å². The Balaban J connectivity index is 1.87. The summed E-state index contributed by atoms with van der Waals surface area (Å²) in [5.74, 6) is -1.04. The molecule has 12 nitrogen and oxygen atoms in total. The maximum Gasteiger partial charge on any atom is 0.407 e. The molecule has 4 atom stereocenters. The standard InChI is InChI=1S/C35H45N5O7/c1-35(2,3)31(40-34(45)46-5)32(43)38-27(18-24-13-15-25(16-14-24)26-12-9-17-37-21-26)20-29(41)28(19-23-10-7-6-8-11-23)39-30(42)22-47-33(44)36-4/h6-17,21,27-29,31,41H,18-20,22H2,1-5H3,(H,36,44)(H,38,43)(H,39,42)(H,40,45). The molecule has 0 bridgehead atoms. The van der Waals surface area contributed by atoms with E-state index in [0.717, 1.165) is 22.3 Å². The molecular weight excluding hydrogens is 602 g/mol. The summed E-state index contributed by atoms with van der Waals surface area (Å²) in [5, 5.41) is 22.3. The lowest BCUT2D eigenvalue weighted by atomic mass is 9.85. The van der Waals surface area contributed by atoms with Gasteiger partial charge in [0.25, 0.3) is 5.91 Å². The fraction of sp³-hybridized carbons (Fsp3) is 0.400. The summed E-state index contributed by atoms with van der Waals surface area (Å²) in [4.78, 5) is 54.3. The Morgan fingerprint density at radius 3 is 2.11 bits per heavy atom. The van der Waals surface area contributed by atoms with E-state index in [4.69, 9.17) is 9.47 Å². The average Bonchev–Trinajstić information content (AvgIpc) is 3.06. The van der Waals surface area contributed by atoms with Gasteiger partial charge in [-0.3, -0.25) is 14.6 Å². The monoisotopic (exact) mass is 647 g/mol. The smallest absolute Gasteiger partial charge is 0.407 e. The van der Waals surface area contributed by atoms with Crippen LogP contribution >= 0.6 is 0 Å². The molecule has 0 saturated carbocycles. The third-order valence-electron chi connectivity index (χ3n) is 7.53. The van der Waals surface area contributed by atoms with Gasteiger partial charge in [0.05, 0.1) is 19.3 Å². The van der Waals surface area contributed by atoms with Gasteiger partial charge in [-0.2, -0.15) is 0 Å². The third-order valence-corrected chi connectivity index (χ3v) is 7.53. The van der Waals surface area contributed by atoms with Gasteiger partial charge in [0.15, 0.2) is 6.61 Å². The lowest BCUT2D eigenvalue weighted by molar-refractivity contribution is -0.127. The lowest BCUT2D eigenvalue weighted by Crippen LogP contribution is -2.56. The average molecular weight is 648 g/mol. The van der Waals surface area contributed by atoms with Crippen LogP contribution in [-0.4, -0.2) is 79.1 Å². The normalized spacial score (nSPS) is 13.7. The number of benzene rings is 2. The van der Waals surface area contributed by atoms with Crippen LogP contribution in [0.5, 0.6) is 0 Å². The molecular formula is C35H45N5O7. The number of aliphatic hydroxyl groups excluding tert-OH is 1. The van der Waals surface area contributed by atoms with Crippen molar-refractivity contribution in [3.8, 4) is 11.1 Å². The lowest BCUT2D eigenvalue weighted by Gasteiger charge is -2.33. The second kappa shape index (κ2) is 17.7. The molecule has 0 aliphatic rings. The van der Waals surface area contributed by atoms with E-state index in [2.05, 4.69) is 26.3 Å². The number of ether oxygens (including phenoxy) is 2. The number of carbonyl (C=O) groups excluding carboxylic acids is 4. The van der Waals surface area contributed by atoms with E-state index in [0.29, 0.717) is 6.42 Å². The summed E-state index contributed by atoms with van der Waals surface area (Å²) in [6.45, 7) is 4.93. The highest BCUT2D eigenvalue weighted by Gasteiger charge is 2.35. The van der Waals surface area contributed by atoms with Crippen LogP contribution in [0.1, 0.15) is 38.3 Å². The predicted molar refractivity (Wildman–Crippen MR) is 177 cm³/mol. The first-order valence-corrected chi connectivity index (χ1v) is 15.4. The number of rotatable bonds is 14. The Morgan fingerprint density at radius 2 is 1.51 bits per heavy atom. The Kier molecular flexibility index (Phi) is 13.7. The highest BCUT2D eigenvalue weighted by atomic mass is 16.6. The first-order chi connectivity index (χ1) is 22.4. The molecule has 0 saturated heterocycles. The van der Waals surface area contributed by atoms with Gasteiger partial charge in [-0.1, -0.05) is 81.4 Å². The van der Waals surface area contributed by atoms with Gasteiger partial charge >= 0.3 is 12.2 Å². The largest absolute Gasteiger partial charge is 0.453 e. The Labute approximate surface area is 275 Å². The van der Waals surface area contributed by atoms with Crippen LogP contribution in [-0.2, 0) is 31.9 Å². The van der Waals surface area contributed by atoms with Crippen molar-refractivity contribution >= 4 is 24.0 Å².